The highest BCUT2D eigenvalue weighted by Crippen LogP contribution is 2.44. The monoisotopic (exact) mass is 658 g/mol. The highest BCUT2D eigenvalue weighted by Gasteiger charge is 2.32. The van der Waals surface area contributed by atoms with Gasteiger partial charge in [-0.05, 0) is 110 Å². The van der Waals surface area contributed by atoms with E-state index in [0.717, 1.165) is 78.0 Å². The number of benzene rings is 6. The Kier molecular flexibility index (Phi) is 6.89. The van der Waals surface area contributed by atoms with Crippen LogP contribution in [0.2, 0.25) is 0 Å². The van der Waals surface area contributed by atoms with E-state index in [4.69, 9.17) is 6.57 Å². The summed E-state index contributed by atoms with van der Waals surface area (Å²) in [6, 6.07) is 33.6. The summed E-state index contributed by atoms with van der Waals surface area (Å²) in [6.07, 6.45) is -4.67. The largest absolute Gasteiger partial charge is 0.415 e. The molecular formula is C43H29F3N4. The van der Waals surface area contributed by atoms with Crippen molar-refractivity contribution in [3.05, 3.63) is 148 Å². The third kappa shape index (κ3) is 4.51. The highest BCUT2D eigenvalue weighted by atomic mass is 19.4. The summed E-state index contributed by atoms with van der Waals surface area (Å²) in [7, 11) is 0. The first-order chi connectivity index (χ1) is 24.0. The SMILES string of the molecule is [C-]#[N+]c1cc(-c2cc(-n3c4cccc(C)c4c4c(C)cccc43)c(C#N)cc2-n2c3cccc(C)c3c3c(C)cccc32)cc(C(F)(F)F)c1. The topological polar surface area (TPSA) is 38.0 Å². The van der Waals surface area contributed by atoms with Crippen molar-refractivity contribution in [2.45, 2.75) is 33.9 Å². The number of halogens is 3. The predicted molar refractivity (Wildman–Crippen MR) is 195 cm³/mol. The van der Waals surface area contributed by atoms with Gasteiger partial charge in [0.05, 0.1) is 45.6 Å². The number of hydrogen-bond acceptors (Lipinski definition) is 1. The molecule has 0 amide bonds. The summed E-state index contributed by atoms with van der Waals surface area (Å²) >= 11 is 0. The molecular weight excluding hydrogens is 629 g/mol. The van der Waals surface area contributed by atoms with Crippen LogP contribution in [0.3, 0.4) is 0 Å². The summed E-state index contributed by atoms with van der Waals surface area (Å²) < 4.78 is 47.2. The molecule has 0 aliphatic heterocycles. The number of fused-ring (bicyclic) bond motifs is 6. The van der Waals surface area contributed by atoms with Crippen LogP contribution in [0.5, 0.6) is 0 Å². The van der Waals surface area contributed by atoms with Crippen molar-refractivity contribution < 1.29 is 13.2 Å². The van der Waals surface area contributed by atoms with Crippen LogP contribution in [-0.4, -0.2) is 9.13 Å². The van der Waals surface area contributed by atoms with E-state index in [2.05, 4.69) is 36.9 Å². The molecule has 0 bridgehead atoms. The van der Waals surface area contributed by atoms with Crippen molar-refractivity contribution in [1.29, 1.82) is 5.26 Å². The summed E-state index contributed by atoms with van der Waals surface area (Å²) in [6.45, 7) is 15.9. The van der Waals surface area contributed by atoms with Gasteiger partial charge < -0.3 is 9.13 Å². The smallest absolute Gasteiger partial charge is 0.309 e. The molecule has 0 fully saturated rings. The normalized spacial score (nSPS) is 11.9. The van der Waals surface area contributed by atoms with E-state index in [1.165, 1.54) is 6.07 Å². The molecule has 50 heavy (non-hydrogen) atoms. The molecule has 242 valence electrons. The van der Waals surface area contributed by atoms with Gasteiger partial charge in [-0.2, -0.15) is 18.4 Å². The molecule has 0 aliphatic carbocycles. The molecule has 2 aromatic heterocycles. The minimum Gasteiger partial charge on any atom is -0.309 e. The molecule has 0 aliphatic rings. The molecule has 0 unspecified atom stereocenters. The Hall–Kier alpha value is -6.31. The Labute approximate surface area is 286 Å². The van der Waals surface area contributed by atoms with Gasteiger partial charge >= 0.3 is 6.18 Å². The maximum absolute atomic E-state index is 14.4. The van der Waals surface area contributed by atoms with E-state index in [1.807, 2.05) is 89.7 Å². The molecule has 0 spiro atoms. The van der Waals surface area contributed by atoms with Gasteiger partial charge in [0.15, 0.2) is 5.69 Å². The van der Waals surface area contributed by atoms with Gasteiger partial charge in [-0.3, -0.25) is 0 Å². The van der Waals surface area contributed by atoms with Gasteiger partial charge in [-0.25, -0.2) is 4.85 Å². The zero-order valence-corrected chi connectivity index (χ0v) is 27.7. The molecule has 0 radical (unpaired) electrons. The standard InChI is InChI=1S/C43H29F3N4/c1-24-10-6-14-33-39(24)40-25(2)11-7-15-34(40)49(33)37-22-32(28-18-30(43(44,45)46)21-31(19-28)48-5)38(20-29(37)23-47)50-35-16-8-12-26(3)41(35)42-27(4)13-9-17-36(42)50/h6-22H,1-4H3. The van der Waals surface area contributed by atoms with Crippen molar-refractivity contribution in [2.75, 3.05) is 0 Å². The molecule has 4 nitrogen and oxygen atoms in total. The molecule has 0 N–H and O–H groups in total. The van der Waals surface area contributed by atoms with Crippen molar-refractivity contribution >= 4 is 49.3 Å². The highest BCUT2D eigenvalue weighted by molar-refractivity contribution is 6.14. The molecule has 2 heterocycles. The van der Waals surface area contributed by atoms with Crippen LogP contribution in [0.1, 0.15) is 33.4 Å². The number of nitriles is 1. The minimum atomic E-state index is -4.67. The maximum Gasteiger partial charge on any atom is 0.415 e. The van der Waals surface area contributed by atoms with Crippen LogP contribution in [0.15, 0.2) is 103 Å². The zero-order chi connectivity index (χ0) is 35.1. The Bertz CT molecular complexity index is 2700. The number of hydrogen-bond donors (Lipinski definition) is 0. The van der Waals surface area contributed by atoms with Crippen LogP contribution in [-0.2, 0) is 6.18 Å². The first kappa shape index (κ1) is 31.0. The Balaban J connectivity index is 1.58. The van der Waals surface area contributed by atoms with Crippen LogP contribution in [0.25, 0.3) is 71.0 Å². The van der Waals surface area contributed by atoms with E-state index < -0.39 is 11.7 Å². The Morgan fingerprint density at radius 3 is 1.44 bits per heavy atom. The summed E-state index contributed by atoms with van der Waals surface area (Å²) in [5.41, 5.74) is 8.89. The van der Waals surface area contributed by atoms with E-state index in [9.17, 15) is 18.4 Å². The quantitative estimate of drug-likeness (QED) is 0.174. The average molecular weight is 659 g/mol. The molecule has 7 heteroatoms. The van der Waals surface area contributed by atoms with Gasteiger partial charge in [0.25, 0.3) is 0 Å². The molecule has 0 saturated carbocycles. The Morgan fingerprint density at radius 1 is 0.600 bits per heavy atom. The molecule has 6 aromatic carbocycles. The van der Waals surface area contributed by atoms with Crippen LogP contribution in [0, 0.1) is 45.6 Å². The second-order valence-corrected chi connectivity index (χ2v) is 12.9. The zero-order valence-electron chi connectivity index (χ0n) is 27.7. The number of aromatic nitrogens is 2. The van der Waals surface area contributed by atoms with Gasteiger partial charge in [-0.1, -0.05) is 48.5 Å². The second-order valence-electron chi connectivity index (χ2n) is 12.9. The van der Waals surface area contributed by atoms with E-state index in [1.54, 1.807) is 6.07 Å². The molecule has 0 atom stereocenters. The lowest BCUT2D eigenvalue weighted by atomic mass is 9.97. The average Bonchev–Trinajstić information content (AvgIpc) is 3.63. The van der Waals surface area contributed by atoms with Crippen molar-refractivity contribution in [3.63, 3.8) is 0 Å². The first-order valence-electron chi connectivity index (χ1n) is 16.2. The lowest BCUT2D eigenvalue weighted by molar-refractivity contribution is -0.137. The Morgan fingerprint density at radius 2 is 1.04 bits per heavy atom. The number of rotatable bonds is 3. The number of aryl methyl sites for hydroxylation is 4. The van der Waals surface area contributed by atoms with E-state index in [-0.39, 0.29) is 11.3 Å². The predicted octanol–water partition coefficient (Wildman–Crippen LogP) is 12.2. The van der Waals surface area contributed by atoms with Crippen molar-refractivity contribution in [2.24, 2.45) is 0 Å². The van der Waals surface area contributed by atoms with Crippen LogP contribution in [0.4, 0.5) is 18.9 Å². The van der Waals surface area contributed by atoms with Crippen molar-refractivity contribution in [1.82, 2.24) is 9.13 Å². The maximum atomic E-state index is 14.4. The summed E-state index contributed by atoms with van der Waals surface area (Å²) in [5.74, 6) is 0. The second kappa shape index (κ2) is 11.1. The third-order valence-electron chi connectivity index (χ3n) is 9.87. The van der Waals surface area contributed by atoms with Crippen molar-refractivity contribution in [3.8, 4) is 28.6 Å². The number of nitrogens with zero attached hydrogens (tertiary/aromatic N) is 4. The number of alkyl halides is 3. The van der Waals surface area contributed by atoms with Crippen LogP contribution >= 0.6 is 0 Å². The first-order valence-corrected chi connectivity index (χ1v) is 16.2. The lowest BCUT2D eigenvalue weighted by Crippen LogP contribution is -2.06. The van der Waals surface area contributed by atoms with Crippen LogP contribution < -0.4 is 0 Å². The molecule has 8 rings (SSSR count). The summed E-state index contributed by atoms with van der Waals surface area (Å²) in [5, 5.41) is 15.0. The molecule has 0 saturated heterocycles. The van der Waals surface area contributed by atoms with Gasteiger partial charge in [-0.15, -0.1) is 0 Å². The van der Waals surface area contributed by atoms with Gasteiger partial charge in [0.1, 0.15) is 6.07 Å². The molecule has 8 aromatic rings. The van der Waals surface area contributed by atoms with E-state index >= 15 is 0 Å². The fourth-order valence-corrected chi connectivity index (χ4v) is 7.70. The third-order valence-corrected chi connectivity index (χ3v) is 9.87. The fourth-order valence-electron chi connectivity index (χ4n) is 7.70. The minimum absolute atomic E-state index is 0.122. The lowest BCUT2D eigenvalue weighted by Gasteiger charge is -2.20. The van der Waals surface area contributed by atoms with Gasteiger partial charge in [0, 0.05) is 32.7 Å². The fraction of sp³-hybridized carbons (Fsp3) is 0.116. The van der Waals surface area contributed by atoms with Gasteiger partial charge in [0.2, 0.25) is 0 Å². The van der Waals surface area contributed by atoms with E-state index in [0.29, 0.717) is 22.5 Å². The summed E-state index contributed by atoms with van der Waals surface area (Å²) in [4.78, 5) is 3.44.